The fourth-order valence-corrected chi connectivity index (χ4v) is 2.40. The topological polar surface area (TPSA) is 20.2 Å². The van der Waals surface area contributed by atoms with E-state index >= 15 is 0 Å². The number of hydrogen-bond donors (Lipinski definition) is 1. The first-order chi connectivity index (χ1) is 9.47. The Hall–Kier alpha value is -1.33. The molecule has 0 saturated carbocycles. The maximum absolute atomic E-state index is 13.5. The second-order valence-electron chi connectivity index (χ2n) is 4.51. The monoisotopic (exact) mass is 344 g/mol. The molecule has 0 aliphatic heterocycles. The first kappa shape index (κ1) is 15.1. The van der Waals surface area contributed by atoms with Crippen LogP contribution < -0.4 is 0 Å². The third-order valence-corrected chi connectivity index (χ3v) is 3.85. The van der Waals surface area contributed by atoms with E-state index in [1.54, 1.807) is 12.1 Å². The zero-order valence-electron chi connectivity index (χ0n) is 10.4. The fraction of sp³-hybridized carbons (Fsp3) is 0.200. The summed E-state index contributed by atoms with van der Waals surface area (Å²) in [5, 5.41) is 9.96. The van der Waals surface area contributed by atoms with Gasteiger partial charge in [0, 0.05) is 12.5 Å². The van der Waals surface area contributed by atoms with Gasteiger partial charge in [0.15, 0.2) is 0 Å². The second-order valence-corrected chi connectivity index (χ2v) is 5.30. The fourth-order valence-electron chi connectivity index (χ4n) is 1.97. The standard InChI is InChI=1S/C15H12BrF3O/c16-15-10(2-1-3-13(15)18)7-12(20)6-9-4-5-11(17)8-14(9)19/h1-5,8,12,20H,6-7H2. The van der Waals surface area contributed by atoms with Gasteiger partial charge < -0.3 is 5.11 Å². The molecule has 5 heteroatoms. The Morgan fingerprint density at radius 2 is 1.65 bits per heavy atom. The Bertz CT molecular complexity index is 616. The first-order valence-corrected chi connectivity index (χ1v) is 6.81. The molecular formula is C15H12BrF3O. The molecule has 0 aromatic heterocycles. The summed E-state index contributed by atoms with van der Waals surface area (Å²) in [5.41, 5.74) is 0.825. The minimum Gasteiger partial charge on any atom is -0.392 e. The summed E-state index contributed by atoms with van der Waals surface area (Å²) >= 11 is 3.11. The van der Waals surface area contributed by atoms with Crippen molar-refractivity contribution >= 4 is 15.9 Å². The van der Waals surface area contributed by atoms with Crippen LogP contribution in [0, 0.1) is 17.5 Å². The van der Waals surface area contributed by atoms with Crippen molar-refractivity contribution in [1.29, 1.82) is 0 Å². The van der Waals surface area contributed by atoms with Crippen LogP contribution in [0.4, 0.5) is 13.2 Å². The van der Waals surface area contributed by atoms with E-state index in [4.69, 9.17) is 0 Å². The van der Waals surface area contributed by atoms with Crippen molar-refractivity contribution in [3.63, 3.8) is 0 Å². The number of halogens is 4. The highest BCUT2D eigenvalue weighted by Crippen LogP contribution is 2.22. The van der Waals surface area contributed by atoms with Crippen LogP contribution in [0.3, 0.4) is 0 Å². The summed E-state index contributed by atoms with van der Waals surface area (Å²) in [4.78, 5) is 0. The molecule has 2 rings (SSSR count). The van der Waals surface area contributed by atoms with Crippen molar-refractivity contribution < 1.29 is 18.3 Å². The van der Waals surface area contributed by atoms with Crippen LogP contribution in [-0.2, 0) is 12.8 Å². The normalized spacial score (nSPS) is 12.4. The Labute approximate surface area is 123 Å². The Kier molecular flexibility index (Phi) is 4.83. The Morgan fingerprint density at radius 3 is 2.35 bits per heavy atom. The van der Waals surface area contributed by atoms with Crippen molar-refractivity contribution in [3.8, 4) is 0 Å². The molecule has 1 N–H and O–H groups in total. The van der Waals surface area contributed by atoms with E-state index in [2.05, 4.69) is 15.9 Å². The van der Waals surface area contributed by atoms with Crippen molar-refractivity contribution in [2.24, 2.45) is 0 Å². The molecule has 106 valence electrons. The van der Waals surface area contributed by atoms with Crippen LogP contribution in [0.2, 0.25) is 0 Å². The van der Waals surface area contributed by atoms with E-state index in [9.17, 15) is 18.3 Å². The summed E-state index contributed by atoms with van der Waals surface area (Å²) in [6.07, 6.45) is -0.669. The highest BCUT2D eigenvalue weighted by Gasteiger charge is 2.14. The number of benzene rings is 2. The average Bonchev–Trinajstić information content (AvgIpc) is 2.38. The minimum absolute atomic E-state index is 0.0368. The van der Waals surface area contributed by atoms with Gasteiger partial charge in [0.1, 0.15) is 17.5 Å². The van der Waals surface area contributed by atoms with Gasteiger partial charge in [-0.05, 0) is 45.6 Å². The molecular weight excluding hydrogens is 333 g/mol. The van der Waals surface area contributed by atoms with Gasteiger partial charge in [-0.1, -0.05) is 18.2 Å². The van der Waals surface area contributed by atoms with E-state index in [0.717, 1.165) is 12.1 Å². The average molecular weight is 345 g/mol. The van der Waals surface area contributed by atoms with Crippen LogP contribution in [-0.4, -0.2) is 11.2 Å². The molecule has 1 nitrogen and oxygen atoms in total. The number of rotatable bonds is 4. The first-order valence-electron chi connectivity index (χ1n) is 6.02. The third-order valence-electron chi connectivity index (χ3n) is 2.96. The van der Waals surface area contributed by atoms with Gasteiger partial charge in [0.05, 0.1) is 10.6 Å². The number of hydrogen-bond acceptors (Lipinski definition) is 1. The highest BCUT2D eigenvalue weighted by atomic mass is 79.9. The predicted octanol–water partition coefficient (Wildman–Crippen LogP) is 4.01. The number of aliphatic hydroxyl groups excluding tert-OH is 1. The molecule has 20 heavy (non-hydrogen) atoms. The number of aliphatic hydroxyl groups is 1. The predicted molar refractivity (Wildman–Crippen MR) is 73.9 cm³/mol. The lowest BCUT2D eigenvalue weighted by Crippen LogP contribution is -2.15. The van der Waals surface area contributed by atoms with E-state index < -0.39 is 23.6 Å². The summed E-state index contributed by atoms with van der Waals surface area (Å²) < 4.78 is 39.9. The quantitative estimate of drug-likeness (QED) is 0.888. The molecule has 2 aromatic rings. The summed E-state index contributed by atoms with van der Waals surface area (Å²) in [6, 6.07) is 7.75. The lowest BCUT2D eigenvalue weighted by atomic mass is 10.0. The molecule has 0 aliphatic carbocycles. The lowest BCUT2D eigenvalue weighted by molar-refractivity contribution is 0.174. The highest BCUT2D eigenvalue weighted by molar-refractivity contribution is 9.10. The van der Waals surface area contributed by atoms with Crippen LogP contribution in [0.25, 0.3) is 0 Å². The summed E-state index contributed by atoms with van der Waals surface area (Å²) in [5.74, 6) is -1.77. The molecule has 0 aliphatic rings. The maximum Gasteiger partial charge on any atom is 0.137 e. The van der Waals surface area contributed by atoms with Crippen molar-refractivity contribution in [2.45, 2.75) is 18.9 Å². The second kappa shape index (κ2) is 6.41. The Morgan fingerprint density at radius 1 is 0.950 bits per heavy atom. The molecule has 0 bridgehead atoms. The molecule has 0 heterocycles. The molecule has 0 saturated heterocycles. The minimum atomic E-state index is -0.881. The molecule has 1 atom stereocenters. The lowest BCUT2D eigenvalue weighted by Gasteiger charge is -2.13. The van der Waals surface area contributed by atoms with Crippen molar-refractivity contribution in [3.05, 3.63) is 69.4 Å². The molecule has 0 fully saturated rings. The van der Waals surface area contributed by atoms with Gasteiger partial charge in [-0.15, -0.1) is 0 Å². The van der Waals surface area contributed by atoms with E-state index in [0.29, 0.717) is 10.0 Å². The van der Waals surface area contributed by atoms with Crippen LogP contribution >= 0.6 is 15.9 Å². The van der Waals surface area contributed by atoms with Gasteiger partial charge in [0.2, 0.25) is 0 Å². The molecule has 0 radical (unpaired) electrons. The van der Waals surface area contributed by atoms with Gasteiger partial charge >= 0.3 is 0 Å². The largest absolute Gasteiger partial charge is 0.392 e. The molecule has 1 unspecified atom stereocenters. The van der Waals surface area contributed by atoms with Crippen molar-refractivity contribution in [2.75, 3.05) is 0 Å². The van der Waals surface area contributed by atoms with Gasteiger partial charge in [-0.2, -0.15) is 0 Å². The van der Waals surface area contributed by atoms with Crippen LogP contribution in [0.1, 0.15) is 11.1 Å². The zero-order chi connectivity index (χ0) is 14.7. The van der Waals surface area contributed by atoms with Crippen LogP contribution in [0.5, 0.6) is 0 Å². The van der Waals surface area contributed by atoms with Crippen LogP contribution in [0.15, 0.2) is 40.9 Å². The smallest absolute Gasteiger partial charge is 0.137 e. The van der Waals surface area contributed by atoms with E-state index in [1.165, 1.54) is 12.1 Å². The van der Waals surface area contributed by atoms with Crippen molar-refractivity contribution in [1.82, 2.24) is 0 Å². The molecule has 2 aromatic carbocycles. The SMILES string of the molecule is OC(Cc1ccc(F)cc1F)Cc1cccc(F)c1Br. The molecule has 0 spiro atoms. The Balaban J connectivity index is 2.09. The van der Waals surface area contributed by atoms with Gasteiger partial charge in [0.25, 0.3) is 0 Å². The van der Waals surface area contributed by atoms with E-state index in [-0.39, 0.29) is 18.4 Å². The zero-order valence-corrected chi connectivity index (χ0v) is 12.0. The third kappa shape index (κ3) is 3.61. The van der Waals surface area contributed by atoms with Gasteiger partial charge in [-0.25, -0.2) is 13.2 Å². The van der Waals surface area contributed by atoms with Gasteiger partial charge in [-0.3, -0.25) is 0 Å². The maximum atomic E-state index is 13.5. The summed E-state index contributed by atoms with van der Waals surface area (Å²) in [6.45, 7) is 0. The summed E-state index contributed by atoms with van der Waals surface area (Å²) in [7, 11) is 0. The molecule has 0 amide bonds. The van der Waals surface area contributed by atoms with E-state index in [1.807, 2.05) is 0 Å².